The molecule has 0 saturated heterocycles. The van der Waals surface area contributed by atoms with Gasteiger partial charge in [-0.05, 0) is 59.8 Å². The van der Waals surface area contributed by atoms with Gasteiger partial charge in [-0.2, -0.15) is 0 Å². The molecule has 16 heavy (non-hydrogen) atoms. The van der Waals surface area contributed by atoms with Gasteiger partial charge in [0.05, 0.1) is 5.69 Å². The van der Waals surface area contributed by atoms with E-state index >= 15 is 0 Å². The number of halogens is 1. The van der Waals surface area contributed by atoms with E-state index in [-0.39, 0.29) is 0 Å². The highest BCUT2D eigenvalue weighted by Crippen LogP contribution is 2.17. The summed E-state index contributed by atoms with van der Waals surface area (Å²) >= 11 is 3.39. The van der Waals surface area contributed by atoms with E-state index < -0.39 is 0 Å². The molecule has 1 aromatic rings. The number of hydrogen-bond donors (Lipinski definition) is 1. The van der Waals surface area contributed by atoms with Crippen LogP contribution in [0.2, 0.25) is 0 Å². The predicted octanol–water partition coefficient (Wildman–Crippen LogP) is 3.29. The zero-order valence-electron chi connectivity index (χ0n) is 9.32. The number of nitrogens with one attached hydrogen (secondary N) is 1. The van der Waals surface area contributed by atoms with Gasteiger partial charge in [-0.25, -0.2) is 0 Å². The third-order valence-corrected chi connectivity index (χ3v) is 3.37. The standard InChI is InChI=1S/C13H17BrN2/c14-12-6-7-13(16-9-12)10-15-8-11-4-2-1-3-5-11/h1-2,6-7,9,11,15H,3-5,8,10H2. The van der Waals surface area contributed by atoms with Crippen LogP contribution >= 0.6 is 15.9 Å². The van der Waals surface area contributed by atoms with Crippen LogP contribution in [0.5, 0.6) is 0 Å². The van der Waals surface area contributed by atoms with E-state index in [1.165, 1.54) is 19.3 Å². The van der Waals surface area contributed by atoms with Gasteiger partial charge < -0.3 is 5.32 Å². The highest BCUT2D eigenvalue weighted by molar-refractivity contribution is 9.10. The lowest BCUT2D eigenvalue weighted by Gasteiger charge is -2.17. The van der Waals surface area contributed by atoms with Crippen molar-refractivity contribution in [3.63, 3.8) is 0 Å². The summed E-state index contributed by atoms with van der Waals surface area (Å²) < 4.78 is 1.04. The van der Waals surface area contributed by atoms with E-state index in [1.54, 1.807) is 0 Å². The monoisotopic (exact) mass is 280 g/mol. The van der Waals surface area contributed by atoms with Crippen molar-refractivity contribution in [2.75, 3.05) is 6.54 Å². The second kappa shape index (κ2) is 6.16. The first kappa shape index (κ1) is 11.8. The third kappa shape index (κ3) is 3.72. The van der Waals surface area contributed by atoms with E-state index in [2.05, 4.69) is 44.4 Å². The van der Waals surface area contributed by atoms with Crippen molar-refractivity contribution in [1.29, 1.82) is 0 Å². The fourth-order valence-electron chi connectivity index (χ4n) is 1.96. The average Bonchev–Trinajstić information content (AvgIpc) is 2.33. The number of aromatic nitrogens is 1. The largest absolute Gasteiger partial charge is 0.311 e. The lowest BCUT2D eigenvalue weighted by atomic mass is 9.94. The first-order chi connectivity index (χ1) is 7.84. The molecule has 2 rings (SSSR count). The van der Waals surface area contributed by atoms with Gasteiger partial charge in [-0.15, -0.1) is 0 Å². The van der Waals surface area contributed by atoms with Crippen molar-refractivity contribution in [2.24, 2.45) is 5.92 Å². The fourth-order valence-corrected chi connectivity index (χ4v) is 2.19. The highest BCUT2D eigenvalue weighted by atomic mass is 79.9. The Balaban J connectivity index is 1.71. The van der Waals surface area contributed by atoms with Crippen molar-refractivity contribution in [1.82, 2.24) is 10.3 Å². The van der Waals surface area contributed by atoms with Gasteiger partial charge in [0.2, 0.25) is 0 Å². The van der Waals surface area contributed by atoms with E-state index in [4.69, 9.17) is 0 Å². The van der Waals surface area contributed by atoms with E-state index in [9.17, 15) is 0 Å². The molecule has 0 aromatic carbocycles. The van der Waals surface area contributed by atoms with E-state index in [1.807, 2.05) is 12.3 Å². The number of hydrogen-bond acceptors (Lipinski definition) is 2. The van der Waals surface area contributed by atoms with Gasteiger partial charge >= 0.3 is 0 Å². The highest BCUT2D eigenvalue weighted by Gasteiger charge is 2.08. The Labute approximate surface area is 105 Å². The Morgan fingerprint density at radius 3 is 3.00 bits per heavy atom. The maximum absolute atomic E-state index is 4.34. The van der Waals surface area contributed by atoms with Crippen molar-refractivity contribution < 1.29 is 0 Å². The first-order valence-corrected chi connectivity index (χ1v) is 6.60. The minimum atomic E-state index is 0.806. The summed E-state index contributed by atoms with van der Waals surface area (Å²) in [4.78, 5) is 4.34. The van der Waals surface area contributed by atoms with Crippen LogP contribution in [0.25, 0.3) is 0 Å². The zero-order chi connectivity index (χ0) is 11.2. The molecule has 1 aliphatic rings. The van der Waals surface area contributed by atoms with Crippen LogP contribution in [0.15, 0.2) is 35.0 Å². The SMILES string of the molecule is Brc1ccc(CNCC2CC=CCC2)nc1. The zero-order valence-corrected chi connectivity index (χ0v) is 10.9. The molecule has 1 atom stereocenters. The first-order valence-electron chi connectivity index (χ1n) is 5.81. The second-order valence-corrected chi connectivity index (χ2v) is 5.16. The fraction of sp³-hybridized carbons (Fsp3) is 0.462. The minimum Gasteiger partial charge on any atom is -0.311 e. The maximum atomic E-state index is 4.34. The Hall–Kier alpha value is -0.670. The van der Waals surface area contributed by atoms with Crippen LogP contribution in [0.3, 0.4) is 0 Å². The lowest BCUT2D eigenvalue weighted by molar-refractivity contribution is 0.439. The van der Waals surface area contributed by atoms with Crippen molar-refractivity contribution in [3.8, 4) is 0 Å². The molecule has 1 aliphatic carbocycles. The van der Waals surface area contributed by atoms with Gasteiger partial charge in [-0.1, -0.05) is 12.2 Å². The van der Waals surface area contributed by atoms with Gasteiger partial charge in [0.1, 0.15) is 0 Å². The summed E-state index contributed by atoms with van der Waals surface area (Å²) in [6.45, 7) is 1.97. The van der Waals surface area contributed by atoms with Gasteiger partial charge in [0.25, 0.3) is 0 Å². The van der Waals surface area contributed by atoms with Crippen LogP contribution in [0.1, 0.15) is 25.0 Å². The van der Waals surface area contributed by atoms with Crippen LogP contribution in [0, 0.1) is 5.92 Å². The molecule has 0 bridgehead atoms. The van der Waals surface area contributed by atoms with Gasteiger partial charge in [0, 0.05) is 17.2 Å². The molecule has 1 aromatic heterocycles. The molecule has 1 N–H and O–H groups in total. The van der Waals surface area contributed by atoms with Crippen LogP contribution < -0.4 is 5.32 Å². The molecule has 0 radical (unpaired) electrons. The summed E-state index contributed by atoms with van der Waals surface area (Å²) in [5, 5.41) is 3.48. The lowest BCUT2D eigenvalue weighted by Crippen LogP contribution is -2.23. The normalized spacial score (nSPS) is 19.9. The van der Waals surface area contributed by atoms with Crippen molar-refractivity contribution >= 4 is 15.9 Å². The van der Waals surface area contributed by atoms with Crippen molar-refractivity contribution in [3.05, 3.63) is 40.6 Å². The summed E-state index contributed by atoms with van der Waals surface area (Å²) in [6.07, 6.45) is 10.2. The summed E-state index contributed by atoms with van der Waals surface area (Å²) in [7, 11) is 0. The molecule has 2 nitrogen and oxygen atoms in total. The number of rotatable bonds is 4. The van der Waals surface area contributed by atoms with E-state index in [0.29, 0.717) is 0 Å². The molecule has 86 valence electrons. The Morgan fingerprint density at radius 2 is 2.31 bits per heavy atom. The van der Waals surface area contributed by atoms with Gasteiger partial charge in [-0.3, -0.25) is 4.98 Å². The topological polar surface area (TPSA) is 24.9 Å². The average molecular weight is 281 g/mol. The number of pyridine rings is 1. The molecule has 0 spiro atoms. The molecule has 1 heterocycles. The summed E-state index contributed by atoms with van der Waals surface area (Å²) in [6, 6.07) is 4.09. The predicted molar refractivity (Wildman–Crippen MR) is 70.1 cm³/mol. The molecule has 0 saturated carbocycles. The van der Waals surface area contributed by atoms with Crippen LogP contribution in [0.4, 0.5) is 0 Å². The van der Waals surface area contributed by atoms with E-state index in [0.717, 1.165) is 29.2 Å². The van der Waals surface area contributed by atoms with Crippen LogP contribution in [-0.2, 0) is 6.54 Å². The molecular formula is C13H17BrN2. The molecular weight excluding hydrogens is 264 g/mol. The second-order valence-electron chi connectivity index (χ2n) is 4.25. The third-order valence-electron chi connectivity index (χ3n) is 2.91. The Morgan fingerprint density at radius 1 is 1.38 bits per heavy atom. The number of allylic oxidation sites excluding steroid dienone is 2. The van der Waals surface area contributed by atoms with Crippen molar-refractivity contribution in [2.45, 2.75) is 25.8 Å². The summed E-state index contributed by atoms with van der Waals surface area (Å²) in [5.41, 5.74) is 1.11. The summed E-state index contributed by atoms with van der Waals surface area (Å²) in [5.74, 6) is 0.806. The molecule has 0 amide bonds. The Bertz CT molecular complexity index is 345. The maximum Gasteiger partial charge on any atom is 0.0542 e. The molecule has 0 fully saturated rings. The molecule has 1 unspecified atom stereocenters. The minimum absolute atomic E-state index is 0.806. The molecule has 3 heteroatoms. The molecule has 0 aliphatic heterocycles. The Kier molecular flexibility index (Phi) is 4.55. The van der Waals surface area contributed by atoms with Crippen LogP contribution in [-0.4, -0.2) is 11.5 Å². The number of nitrogens with zero attached hydrogens (tertiary/aromatic N) is 1. The smallest absolute Gasteiger partial charge is 0.0542 e. The van der Waals surface area contributed by atoms with Gasteiger partial charge in [0.15, 0.2) is 0 Å². The quantitative estimate of drug-likeness (QED) is 0.857.